The van der Waals surface area contributed by atoms with Gasteiger partial charge in [-0.05, 0) is 17.7 Å². The molecule has 20 heavy (non-hydrogen) atoms. The maximum Gasteiger partial charge on any atom is 0.155 e. The lowest BCUT2D eigenvalue weighted by Gasteiger charge is -2.08. The van der Waals surface area contributed by atoms with Crippen LogP contribution in [0.15, 0.2) is 53.5 Å². The van der Waals surface area contributed by atoms with Gasteiger partial charge in [-0.25, -0.2) is 4.99 Å². The molecule has 2 rings (SSSR count). The number of amidine groups is 1. The Hall–Kier alpha value is -2.62. The number of hydrogen-bond acceptors (Lipinski definition) is 3. The van der Waals surface area contributed by atoms with Gasteiger partial charge in [0.2, 0.25) is 0 Å². The summed E-state index contributed by atoms with van der Waals surface area (Å²) in [5.41, 5.74) is 1.57. The van der Waals surface area contributed by atoms with Crippen LogP contribution in [0.5, 0.6) is 11.5 Å². The van der Waals surface area contributed by atoms with Gasteiger partial charge in [0.1, 0.15) is 11.5 Å². The van der Waals surface area contributed by atoms with Crippen LogP contribution in [0.1, 0.15) is 11.1 Å². The number of nitrogens with one attached hydrogen (secondary N) is 1. The molecule has 0 amide bonds. The Morgan fingerprint density at radius 2 is 1.80 bits per heavy atom. The van der Waals surface area contributed by atoms with Crippen molar-refractivity contribution in [3.8, 4) is 11.5 Å². The Kier molecular flexibility index (Phi) is 4.50. The van der Waals surface area contributed by atoms with Gasteiger partial charge in [-0.2, -0.15) is 0 Å². The van der Waals surface area contributed by atoms with Gasteiger partial charge in [0, 0.05) is 12.3 Å². The summed E-state index contributed by atoms with van der Waals surface area (Å²) in [4.78, 5) is 4.17. The highest BCUT2D eigenvalue weighted by atomic mass is 16.5. The van der Waals surface area contributed by atoms with Crippen molar-refractivity contribution in [3.05, 3.63) is 59.7 Å². The van der Waals surface area contributed by atoms with Crippen molar-refractivity contribution in [2.24, 2.45) is 4.99 Å². The van der Waals surface area contributed by atoms with Crippen LogP contribution in [0.4, 0.5) is 0 Å². The second-order valence-corrected chi connectivity index (χ2v) is 4.08. The van der Waals surface area contributed by atoms with E-state index >= 15 is 0 Å². The molecule has 0 aliphatic rings. The first-order valence-electron chi connectivity index (χ1n) is 6.14. The molecule has 0 atom stereocenters. The molecule has 0 aliphatic heterocycles. The van der Waals surface area contributed by atoms with Crippen molar-refractivity contribution in [2.75, 3.05) is 14.2 Å². The number of ether oxygens (including phenoxy) is 2. The van der Waals surface area contributed by atoms with E-state index in [4.69, 9.17) is 14.9 Å². The highest BCUT2D eigenvalue weighted by molar-refractivity contribution is 6.05. The van der Waals surface area contributed by atoms with Gasteiger partial charge < -0.3 is 9.47 Å². The fourth-order valence-corrected chi connectivity index (χ4v) is 1.74. The lowest BCUT2D eigenvalue weighted by atomic mass is 10.1. The maximum atomic E-state index is 8.03. The molecule has 0 heterocycles. The summed E-state index contributed by atoms with van der Waals surface area (Å²) in [6, 6.07) is 15.0. The van der Waals surface area contributed by atoms with Crippen molar-refractivity contribution in [2.45, 2.75) is 0 Å². The third-order valence-corrected chi connectivity index (χ3v) is 2.81. The van der Waals surface area contributed by atoms with Gasteiger partial charge in [0.25, 0.3) is 0 Å². The molecule has 102 valence electrons. The van der Waals surface area contributed by atoms with Crippen molar-refractivity contribution >= 4 is 12.1 Å². The highest BCUT2D eigenvalue weighted by Crippen LogP contribution is 2.25. The first kappa shape index (κ1) is 13.8. The van der Waals surface area contributed by atoms with Gasteiger partial charge in [-0.3, -0.25) is 5.41 Å². The lowest BCUT2D eigenvalue weighted by Crippen LogP contribution is -2.00. The van der Waals surface area contributed by atoms with Crippen LogP contribution >= 0.6 is 0 Å². The van der Waals surface area contributed by atoms with Crippen molar-refractivity contribution in [3.63, 3.8) is 0 Å². The predicted molar refractivity (Wildman–Crippen MR) is 80.4 cm³/mol. The van der Waals surface area contributed by atoms with Gasteiger partial charge in [0.15, 0.2) is 5.84 Å². The number of nitrogens with zero attached hydrogens (tertiary/aromatic N) is 1. The van der Waals surface area contributed by atoms with Crippen LogP contribution in [-0.2, 0) is 0 Å². The minimum absolute atomic E-state index is 0.147. The van der Waals surface area contributed by atoms with E-state index in [1.165, 1.54) is 0 Å². The zero-order chi connectivity index (χ0) is 14.4. The van der Waals surface area contributed by atoms with Crippen molar-refractivity contribution in [1.82, 2.24) is 0 Å². The Labute approximate surface area is 118 Å². The summed E-state index contributed by atoms with van der Waals surface area (Å²) < 4.78 is 10.4. The number of rotatable bonds is 4. The monoisotopic (exact) mass is 268 g/mol. The highest BCUT2D eigenvalue weighted by Gasteiger charge is 2.08. The largest absolute Gasteiger partial charge is 0.497 e. The second-order valence-electron chi connectivity index (χ2n) is 4.08. The molecule has 0 aliphatic carbocycles. The van der Waals surface area contributed by atoms with Gasteiger partial charge in [0.05, 0.1) is 19.8 Å². The summed E-state index contributed by atoms with van der Waals surface area (Å²) in [5.74, 6) is 1.40. The number of hydrogen-bond donors (Lipinski definition) is 1. The first-order chi connectivity index (χ1) is 9.74. The molecule has 4 nitrogen and oxygen atoms in total. The van der Waals surface area contributed by atoms with E-state index in [-0.39, 0.29) is 5.84 Å². The quantitative estimate of drug-likeness (QED) is 0.684. The second kappa shape index (κ2) is 6.52. The molecular weight excluding hydrogens is 252 g/mol. The van der Waals surface area contributed by atoms with E-state index in [9.17, 15) is 0 Å². The fourth-order valence-electron chi connectivity index (χ4n) is 1.74. The zero-order valence-corrected chi connectivity index (χ0v) is 11.5. The Balaban J connectivity index is 2.23. The van der Waals surface area contributed by atoms with Crippen LogP contribution in [0.3, 0.4) is 0 Å². The van der Waals surface area contributed by atoms with E-state index in [1.54, 1.807) is 38.6 Å². The SMILES string of the molecule is COc1ccc(C(=N)N=Cc2ccccc2)c(OC)c1. The average molecular weight is 268 g/mol. The summed E-state index contributed by atoms with van der Waals surface area (Å²) >= 11 is 0. The Morgan fingerprint density at radius 3 is 2.45 bits per heavy atom. The maximum absolute atomic E-state index is 8.03. The van der Waals surface area contributed by atoms with Gasteiger partial charge in [-0.1, -0.05) is 30.3 Å². The molecular formula is C16H16N2O2. The predicted octanol–water partition coefficient (Wildman–Crippen LogP) is 3.15. The number of aliphatic imine (C=N–C) groups is 1. The van der Waals surface area contributed by atoms with Gasteiger partial charge in [-0.15, -0.1) is 0 Å². The molecule has 0 saturated heterocycles. The van der Waals surface area contributed by atoms with Crippen LogP contribution in [0, 0.1) is 5.41 Å². The average Bonchev–Trinajstić information content (AvgIpc) is 2.52. The molecule has 2 aromatic rings. The van der Waals surface area contributed by atoms with Crippen LogP contribution in [0.2, 0.25) is 0 Å². The smallest absolute Gasteiger partial charge is 0.155 e. The Morgan fingerprint density at radius 1 is 1.05 bits per heavy atom. The molecule has 0 aromatic heterocycles. The lowest BCUT2D eigenvalue weighted by molar-refractivity contribution is 0.394. The third-order valence-electron chi connectivity index (χ3n) is 2.81. The van der Waals surface area contributed by atoms with Crippen molar-refractivity contribution in [1.29, 1.82) is 5.41 Å². The minimum Gasteiger partial charge on any atom is -0.497 e. The van der Waals surface area contributed by atoms with Crippen molar-refractivity contribution < 1.29 is 9.47 Å². The third kappa shape index (κ3) is 3.23. The van der Waals surface area contributed by atoms with Crippen LogP contribution in [0.25, 0.3) is 0 Å². The van der Waals surface area contributed by atoms with Crippen LogP contribution < -0.4 is 9.47 Å². The zero-order valence-electron chi connectivity index (χ0n) is 11.5. The molecule has 0 saturated carbocycles. The molecule has 0 unspecified atom stereocenters. The minimum atomic E-state index is 0.147. The molecule has 4 heteroatoms. The van der Waals surface area contributed by atoms with E-state index < -0.39 is 0 Å². The molecule has 0 bridgehead atoms. The van der Waals surface area contributed by atoms with Crippen LogP contribution in [-0.4, -0.2) is 26.3 Å². The first-order valence-corrected chi connectivity index (χ1v) is 6.14. The molecule has 1 N–H and O–H groups in total. The normalized spacial score (nSPS) is 10.5. The summed E-state index contributed by atoms with van der Waals surface area (Å²) in [5, 5.41) is 8.03. The molecule has 2 aromatic carbocycles. The molecule has 0 fully saturated rings. The van der Waals surface area contributed by atoms with E-state index in [1.807, 2.05) is 30.3 Å². The molecule has 0 radical (unpaired) electrons. The Bertz CT molecular complexity index is 622. The summed E-state index contributed by atoms with van der Waals surface area (Å²) in [6.45, 7) is 0. The summed E-state index contributed by atoms with van der Waals surface area (Å²) in [7, 11) is 3.15. The standard InChI is InChI=1S/C16H16N2O2/c1-19-13-8-9-14(15(10-13)20-2)16(17)18-11-12-6-4-3-5-7-12/h3-11,17H,1-2H3. The van der Waals surface area contributed by atoms with E-state index in [0.29, 0.717) is 17.1 Å². The molecule has 0 spiro atoms. The topological polar surface area (TPSA) is 54.7 Å². The number of methoxy groups -OCH3 is 2. The summed E-state index contributed by atoms with van der Waals surface area (Å²) in [6.07, 6.45) is 1.66. The number of benzene rings is 2. The van der Waals surface area contributed by atoms with E-state index in [2.05, 4.69) is 4.99 Å². The fraction of sp³-hybridized carbons (Fsp3) is 0.125. The van der Waals surface area contributed by atoms with E-state index in [0.717, 1.165) is 5.56 Å². The van der Waals surface area contributed by atoms with Gasteiger partial charge >= 0.3 is 0 Å².